The minimum absolute atomic E-state index is 1.04. The molecule has 0 heterocycles. The van der Waals surface area contributed by atoms with Crippen LogP contribution in [0, 0.1) is 11.1 Å². The molecule has 0 saturated heterocycles. The Morgan fingerprint density at radius 3 is 1.60 bits per heavy atom. The van der Waals surface area contributed by atoms with E-state index < -0.39 is 22.8 Å². The van der Waals surface area contributed by atoms with Crippen molar-refractivity contribution in [1.29, 1.82) is 0 Å². The van der Waals surface area contributed by atoms with Gasteiger partial charge in [-0.05, 0) is 18.6 Å². The van der Waals surface area contributed by atoms with Crippen molar-refractivity contribution in [2.45, 2.75) is 51.4 Å². The average molecular weight is 297 g/mol. The maximum Gasteiger partial charge on any atom is 0.230 e. The van der Waals surface area contributed by atoms with Crippen LogP contribution in [0.1, 0.15) is 0 Å². The lowest BCUT2D eigenvalue weighted by Crippen LogP contribution is -2.27. The topological polar surface area (TPSA) is 0 Å². The van der Waals surface area contributed by atoms with E-state index in [0.717, 1.165) is 12.1 Å². The van der Waals surface area contributed by atoms with Crippen LogP contribution in [0.5, 0.6) is 0 Å². The van der Waals surface area contributed by atoms with Crippen LogP contribution in [0.3, 0.4) is 0 Å². The monoisotopic (exact) mass is 296 g/mol. The largest absolute Gasteiger partial charge is 0.230 e. The molecule has 0 aromatic rings. The summed E-state index contributed by atoms with van der Waals surface area (Å²) in [6.07, 6.45) is 0. The fraction of sp³-hybridized carbons (Fsp3) is 0.800. The standard InChI is InChI=1S/C10H22Cl2Si3/c1-13(2,3)7-9-15(6,12)10-8-14(4,5)11/h8,10H2,1-6H3. The molecule has 15 heavy (non-hydrogen) atoms. The highest BCUT2D eigenvalue weighted by Gasteiger charge is 2.27. The minimum atomic E-state index is -1.83. The molecule has 0 aromatic heterocycles. The molecule has 0 amide bonds. The zero-order valence-corrected chi connectivity index (χ0v) is 15.2. The summed E-state index contributed by atoms with van der Waals surface area (Å²) in [6, 6.07) is 2.12. The zero-order chi connectivity index (χ0) is 12.3. The van der Waals surface area contributed by atoms with Gasteiger partial charge in [0.25, 0.3) is 0 Å². The lowest BCUT2D eigenvalue weighted by Gasteiger charge is -2.18. The van der Waals surface area contributed by atoms with Crippen molar-refractivity contribution in [3.05, 3.63) is 0 Å². The molecule has 0 aliphatic carbocycles. The predicted octanol–water partition coefficient (Wildman–Crippen LogP) is 4.66. The van der Waals surface area contributed by atoms with Gasteiger partial charge < -0.3 is 0 Å². The van der Waals surface area contributed by atoms with Gasteiger partial charge in [-0.3, -0.25) is 0 Å². The molecule has 88 valence electrons. The number of hydrogen-bond donors (Lipinski definition) is 0. The number of hydrogen-bond acceptors (Lipinski definition) is 0. The third kappa shape index (κ3) is 11.1. The second-order valence-electron chi connectivity index (χ2n) is 5.92. The van der Waals surface area contributed by atoms with Gasteiger partial charge in [0.1, 0.15) is 15.5 Å². The first-order chi connectivity index (χ1) is 6.41. The summed E-state index contributed by atoms with van der Waals surface area (Å²) in [5.74, 6) is 0. The molecular formula is C10H22Cl2Si3. The minimum Gasteiger partial charge on any atom is -0.168 e. The maximum atomic E-state index is 6.50. The van der Waals surface area contributed by atoms with E-state index in [0.29, 0.717) is 0 Å². The molecule has 0 aliphatic heterocycles. The van der Waals surface area contributed by atoms with E-state index in [4.69, 9.17) is 22.2 Å². The lowest BCUT2D eigenvalue weighted by molar-refractivity contribution is 1.34. The molecule has 0 aromatic carbocycles. The Labute approximate surface area is 107 Å². The van der Waals surface area contributed by atoms with Crippen LogP contribution in [0.4, 0.5) is 0 Å². The third-order valence-electron chi connectivity index (χ3n) is 1.89. The first-order valence-corrected chi connectivity index (χ1v) is 16.8. The van der Waals surface area contributed by atoms with E-state index in [2.05, 4.69) is 50.4 Å². The van der Waals surface area contributed by atoms with E-state index in [1.165, 1.54) is 0 Å². The van der Waals surface area contributed by atoms with Gasteiger partial charge in [0, 0.05) is 0 Å². The Balaban J connectivity index is 4.36. The molecule has 0 bridgehead atoms. The molecular weight excluding hydrogens is 275 g/mol. The van der Waals surface area contributed by atoms with Gasteiger partial charge in [-0.25, -0.2) is 0 Å². The van der Waals surface area contributed by atoms with E-state index in [1.54, 1.807) is 0 Å². The Kier molecular flexibility index (Phi) is 5.70. The van der Waals surface area contributed by atoms with Crippen molar-refractivity contribution >= 4 is 45.0 Å². The summed E-state index contributed by atoms with van der Waals surface area (Å²) in [5, 5.41) is 0. The summed E-state index contributed by atoms with van der Waals surface area (Å²) in [6.45, 7) is 13.2. The van der Waals surface area contributed by atoms with Crippen LogP contribution in [0.25, 0.3) is 0 Å². The second-order valence-corrected chi connectivity index (χ2v) is 23.3. The van der Waals surface area contributed by atoms with Crippen molar-refractivity contribution in [3.63, 3.8) is 0 Å². The lowest BCUT2D eigenvalue weighted by atomic mass is 10.9. The highest BCUT2D eigenvalue weighted by Crippen LogP contribution is 2.24. The molecule has 0 fully saturated rings. The smallest absolute Gasteiger partial charge is 0.168 e. The second kappa shape index (κ2) is 5.42. The van der Waals surface area contributed by atoms with Crippen LogP contribution in [0.2, 0.25) is 51.4 Å². The van der Waals surface area contributed by atoms with Gasteiger partial charge in [-0.1, -0.05) is 32.7 Å². The van der Waals surface area contributed by atoms with Gasteiger partial charge in [0.15, 0.2) is 0 Å². The fourth-order valence-electron chi connectivity index (χ4n) is 0.912. The fourth-order valence-corrected chi connectivity index (χ4v) is 9.96. The van der Waals surface area contributed by atoms with E-state index >= 15 is 0 Å². The normalized spacial score (nSPS) is 16.5. The summed E-state index contributed by atoms with van der Waals surface area (Å²) in [4.78, 5) is 0. The van der Waals surface area contributed by atoms with E-state index in [-0.39, 0.29) is 0 Å². The van der Waals surface area contributed by atoms with Crippen molar-refractivity contribution < 1.29 is 0 Å². The van der Waals surface area contributed by atoms with E-state index in [9.17, 15) is 0 Å². The van der Waals surface area contributed by atoms with Crippen molar-refractivity contribution in [1.82, 2.24) is 0 Å². The Bertz CT molecular complexity index is 263. The summed E-state index contributed by atoms with van der Waals surface area (Å²) < 4.78 is 0. The molecule has 0 saturated carbocycles. The summed E-state index contributed by atoms with van der Waals surface area (Å²) in [5.41, 5.74) is 6.74. The van der Waals surface area contributed by atoms with Gasteiger partial charge >= 0.3 is 0 Å². The highest BCUT2D eigenvalue weighted by molar-refractivity contribution is 7.26. The Morgan fingerprint density at radius 1 is 0.800 bits per heavy atom. The molecule has 1 unspecified atom stereocenters. The van der Waals surface area contributed by atoms with Crippen molar-refractivity contribution in [2.75, 3.05) is 0 Å². The highest BCUT2D eigenvalue weighted by atomic mass is 35.6. The Hall–Kier alpha value is 0.791. The van der Waals surface area contributed by atoms with Crippen LogP contribution >= 0.6 is 22.2 Å². The van der Waals surface area contributed by atoms with Crippen LogP contribution in [-0.4, -0.2) is 22.8 Å². The molecule has 0 nitrogen and oxygen atoms in total. The third-order valence-corrected chi connectivity index (χ3v) is 8.20. The molecule has 5 heteroatoms. The number of rotatable bonds is 3. The SMILES string of the molecule is C[Si](C)(C)C#C[Si](C)(Cl)CC[Si](C)(C)Cl. The van der Waals surface area contributed by atoms with Gasteiger partial charge in [-0.2, -0.15) is 22.2 Å². The molecule has 0 radical (unpaired) electrons. The van der Waals surface area contributed by atoms with Crippen LogP contribution in [0.15, 0.2) is 0 Å². The first-order valence-electron chi connectivity index (χ1n) is 5.34. The average Bonchev–Trinajstić information content (AvgIpc) is 1.96. The molecule has 0 spiro atoms. The Morgan fingerprint density at radius 2 is 1.27 bits per heavy atom. The van der Waals surface area contributed by atoms with Gasteiger partial charge in [-0.15, -0.1) is 11.1 Å². The van der Waals surface area contributed by atoms with Crippen LogP contribution in [-0.2, 0) is 0 Å². The molecule has 0 N–H and O–H groups in total. The van der Waals surface area contributed by atoms with E-state index in [1.807, 2.05) is 0 Å². The zero-order valence-electron chi connectivity index (χ0n) is 10.7. The maximum absolute atomic E-state index is 6.50. The predicted molar refractivity (Wildman–Crippen MR) is 81.5 cm³/mol. The van der Waals surface area contributed by atoms with Crippen LogP contribution < -0.4 is 0 Å². The quantitative estimate of drug-likeness (QED) is 0.403. The van der Waals surface area contributed by atoms with Crippen molar-refractivity contribution in [2.24, 2.45) is 0 Å². The van der Waals surface area contributed by atoms with Gasteiger partial charge in [0.2, 0.25) is 7.38 Å². The molecule has 0 rings (SSSR count). The first kappa shape index (κ1) is 15.8. The van der Waals surface area contributed by atoms with Gasteiger partial charge in [0.05, 0.1) is 0 Å². The summed E-state index contributed by atoms with van der Waals surface area (Å²) in [7, 11) is -4.58. The number of halogens is 2. The molecule has 1 atom stereocenters. The van der Waals surface area contributed by atoms with Crippen molar-refractivity contribution in [3.8, 4) is 11.1 Å². The molecule has 0 aliphatic rings. The summed E-state index contributed by atoms with van der Waals surface area (Å²) >= 11 is 12.8.